The third-order valence-electron chi connectivity index (χ3n) is 2.60. The van der Waals surface area contributed by atoms with Gasteiger partial charge in [0.2, 0.25) is 0 Å². The fraction of sp³-hybridized carbons (Fsp3) is 0.143. The molecule has 2 aromatic rings. The molecule has 0 aliphatic heterocycles. The van der Waals surface area contributed by atoms with Gasteiger partial charge in [-0.25, -0.2) is 9.78 Å². The Morgan fingerprint density at radius 2 is 1.90 bits per heavy atom. The Labute approximate surface area is 119 Å². The maximum absolute atomic E-state index is 12.6. The molecule has 0 saturated heterocycles. The highest BCUT2D eigenvalue weighted by Gasteiger charge is 2.30. The van der Waals surface area contributed by atoms with Crippen molar-refractivity contribution in [3.8, 4) is 0 Å². The molecule has 0 unspecified atom stereocenters. The quantitative estimate of drug-likeness (QED) is 0.878. The van der Waals surface area contributed by atoms with E-state index in [0.717, 1.165) is 17.7 Å². The third kappa shape index (κ3) is 4.20. The number of alkyl halides is 3. The summed E-state index contributed by atoms with van der Waals surface area (Å²) in [4.78, 5) is 15.6. The van der Waals surface area contributed by atoms with E-state index in [0.29, 0.717) is 5.82 Å². The number of carbonyl (C=O) groups excluding carboxylic acids is 1. The molecule has 7 heteroatoms. The van der Waals surface area contributed by atoms with Crippen LogP contribution in [0.5, 0.6) is 0 Å². The van der Waals surface area contributed by atoms with E-state index in [1.54, 1.807) is 12.1 Å². The summed E-state index contributed by atoms with van der Waals surface area (Å²) in [5.74, 6) is 0.319. The first-order chi connectivity index (χ1) is 9.84. The Kier molecular flexibility index (Phi) is 4.11. The molecule has 2 N–H and O–H groups in total. The van der Waals surface area contributed by atoms with Gasteiger partial charge in [0.1, 0.15) is 5.82 Å². The maximum atomic E-state index is 12.6. The first-order valence-corrected chi connectivity index (χ1v) is 6.02. The summed E-state index contributed by atoms with van der Waals surface area (Å²) in [6.07, 6.45) is -2.93. The van der Waals surface area contributed by atoms with E-state index >= 15 is 0 Å². The molecule has 0 atom stereocenters. The number of nitrogens with one attached hydrogen (secondary N) is 2. The lowest BCUT2D eigenvalue weighted by Crippen LogP contribution is -2.20. The molecule has 0 spiro atoms. The molecule has 0 saturated carbocycles. The Morgan fingerprint density at radius 1 is 1.14 bits per heavy atom. The van der Waals surface area contributed by atoms with Crippen LogP contribution in [0.15, 0.2) is 42.6 Å². The lowest BCUT2D eigenvalue weighted by Gasteiger charge is -2.10. The molecule has 4 nitrogen and oxygen atoms in total. The predicted molar refractivity (Wildman–Crippen MR) is 73.1 cm³/mol. The van der Waals surface area contributed by atoms with E-state index in [9.17, 15) is 18.0 Å². The Balaban J connectivity index is 2.06. The predicted octanol–water partition coefficient (Wildman–Crippen LogP) is 4.05. The molecule has 110 valence electrons. The molecule has 1 heterocycles. The van der Waals surface area contributed by atoms with Gasteiger partial charge in [0.25, 0.3) is 0 Å². The Bertz CT molecular complexity index is 656. The van der Waals surface area contributed by atoms with Crippen molar-refractivity contribution >= 4 is 17.5 Å². The van der Waals surface area contributed by atoms with E-state index in [4.69, 9.17) is 0 Å². The van der Waals surface area contributed by atoms with E-state index in [2.05, 4.69) is 15.6 Å². The molecule has 0 radical (unpaired) electrons. The van der Waals surface area contributed by atoms with Crippen LogP contribution >= 0.6 is 0 Å². The molecular weight excluding hydrogens is 283 g/mol. The number of pyridine rings is 1. The third-order valence-corrected chi connectivity index (χ3v) is 2.60. The smallest absolute Gasteiger partial charge is 0.308 e. The van der Waals surface area contributed by atoms with Crippen LogP contribution in [0.25, 0.3) is 0 Å². The molecule has 0 fully saturated rings. The molecule has 0 bridgehead atoms. The molecule has 2 rings (SSSR count). The lowest BCUT2D eigenvalue weighted by atomic mass is 10.2. The molecule has 0 aliphatic carbocycles. The van der Waals surface area contributed by atoms with Gasteiger partial charge in [-0.1, -0.05) is 6.07 Å². The number of halogens is 3. The minimum atomic E-state index is -4.45. The van der Waals surface area contributed by atoms with Gasteiger partial charge in [-0.05, 0) is 42.8 Å². The van der Waals surface area contributed by atoms with Crippen LogP contribution in [-0.4, -0.2) is 11.0 Å². The largest absolute Gasteiger partial charge is 0.416 e. The number of aromatic nitrogens is 1. The van der Waals surface area contributed by atoms with E-state index in [1.165, 1.54) is 18.3 Å². The number of hydrogen-bond acceptors (Lipinski definition) is 2. The van der Waals surface area contributed by atoms with Gasteiger partial charge in [0, 0.05) is 11.9 Å². The lowest BCUT2D eigenvalue weighted by molar-refractivity contribution is -0.137. The van der Waals surface area contributed by atoms with Crippen molar-refractivity contribution in [3.63, 3.8) is 0 Å². The van der Waals surface area contributed by atoms with Gasteiger partial charge in [-0.2, -0.15) is 13.2 Å². The van der Waals surface area contributed by atoms with Gasteiger partial charge in [0.05, 0.1) is 5.56 Å². The minimum Gasteiger partial charge on any atom is -0.308 e. The van der Waals surface area contributed by atoms with E-state index in [-0.39, 0.29) is 5.69 Å². The van der Waals surface area contributed by atoms with Gasteiger partial charge in [-0.3, -0.25) is 5.32 Å². The second-order valence-electron chi connectivity index (χ2n) is 4.38. The zero-order valence-electron chi connectivity index (χ0n) is 11.0. The van der Waals surface area contributed by atoms with Crippen LogP contribution in [0.1, 0.15) is 11.1 Å². The van der Waals surface area contributed by atoms with Crippen LogP contribution in [-0.2, 0) is 6.18 Å². The highest BCUT2D eigenvalue weighted by molar-refractivity contribution is 5.99. The number of carbonyl (C=O) groups is 1. The average Bonchev–Trinajstić information content (AvgIpc) is 2.37. The van der Waals surface area contributed by atoms with Gasteiger partial charge in [0.15, 0.2) is 0 Å². The standard InChI is InChI=1S/C14H12F3N3O/c1-9-5-6-18-12(7-9)20-13(21)19-11-4-2-3-10(8-11)14(15,16)17/h2-8H,1H3,(H2,18,19,20,21). The number of rotatable bonds is 2. The fourth-order valence-electron chi connectivity index (χ4n) is 1.66. The summed E-state index contributed by atoms with van der Waals surface area (Å²) in [6, 6.07) is 7.14. The van der Waals surface area contributed by atoms with Gasteiger partial charge < -0.3 is 5.32 Å². The summed E-state index contributed by atoms with van der Waals surface area (Å²) in [5, 5.41) is 4.78. The first-order valence-electron chi connectivity index (χ1n) is 6.02. The van der Waals surface area contributed by atoms with E-state index < -0.39 is 17.8 Å². The van der Waals surface area contributed by atoms with Crippen molar-refractivity contribution in [1.82, 2.24) is 4.98 Å². The number of anilines is 2. The van der Waals surface area contributed by atoms with Crippen molar-refractivity contribution in [3.05, 3.63) is 53.7 Å². The summed E-state index contributed by atoms with van der Waals surface area (Å²) in [6.45, 7) is 1.83. The summed E-state index contributed by atoms with van der Waals surface area (Å²) in [5.41, 5.74) is 0.128. The van der Waals surface area contributed by atoms with Crippen LogP contribution in [0.2, 0.25) is 0 Å². The molecule has 1 aromatic heterocycles. The molecule has 0 aliphatic rings. The monoisotopic (exact) mass is 295 g/mol. The van der Waals surface area contributed by atoms with Crippen molar-refractivity contribution in [2.45, 2.75) is 13.1 Å². The minimum absolute atomic E-state index is 0.0509. The second kappa shape index (κ2) is 5.82. The fourth-order valence-corrected chi connectivity index (χ4v) is 1.66. The maximum Gasteiger partial charge on any atom is 0.416 e. The number of hydrogen-bond donors (Lipinski definition) is 2. The van der Waals surface area contributed by atoms with E-state index in [1.807, 2.05) is 6.92 Å². The Morgan fingerprint density at radius 3 is 2.57 bits per heavy atom. The van der Waals surface area contributed by atoms with Crippen molar-refractivity contribution in [2.75, 3.05) is 10.6 Å². The van der Waals surface area contributed by atoms with Crippen LogP contribution < -0.4 is 10.6 Å². The second-order valence-corrected chi connectivity index (χ2v) is 4.38. The number of urea groups is 1. The van der Waals surface area contributed by atoms with Crippen LogP contribution in [0.3, 0.4) is 0 Å². The molecule has 2 amide bonds. The van der Waals surface area contributed by atoms with Crippen LogP contribution in [0, 0.1) is 6.92 Å². The highest BCUT2D eigenvalue weighted by Crippen LogP contribution is 2.30. The number of aryl methyl sites for hydroxylation is 1. The first kappa shape index (κ1) is 14.8. The SMILES string of the molecule is Cc1ccnc(NC(=O)Nc2cccc(C(F)(F)F)c2)c1. The summed E-state index contributed by atoms with van der Waals surface area (Å²) >= 11 is 0. The molecule has 1 aromatic carbocycles. The van der Waals surface area contributed by atoms with Crippen molar-refractivity contribution in [1.29, 1.82) is 0 Å². The highest BCUT2D eigenvalue weighted by atomic mass is 19.4. The normalized spacial score (nSPS) is 11.0. The summed E-state index contributed by atoms with van der Waals surface area (Å²) < 4.78 is 37.7. The Hall–Kier alpha value is -2.57. The van der Waals surface area contributed by atoms with Gasteiger partial charge in [-0.15, -0.1) is 0 Å². The number of nitrogens with zero attached hydrogens (tertiary/aromatic N) is 1. The van der Waals surface area contributed by atoms with Crippen LogP contribution in [0.4, 0.5) is 29.5 Å². The molecular formula is C14H12F3N3O. The van der Waals surface area contributed by atoms with Crippen molar-refractivity contribution in [2.24, 2.45) is 0 Å². The zero-order chi connectivity index (χ0) is 15.5. The molecule has 21 heavy (non-hydrogen) atoms. The average molecular weight is 295 g/mol. The van der Waals surface area contributed by atoms with Gasteiger partial charge >= 0.3 is 12.2 Å². The number of amides is 2. The topological polar surface area (TPSA) is 54.0 Å². The summed E-state index contributed by atoms with van der Waals surface area (Å²) in [7, 11) is 0. The zero-order valence-corrected chi connectivity index (χ0v) is 11.0. The number of benzene rings is 1. The van der Waals surface area contributed by atoms with Crippen molar-refractivity contribution < 1.29 is 18.0 Å².